The first-order chi connectivity index (χ1) is 7.91. The molecule has 1 aromatic rings. The lowest BCUT2D eigenvalue weighted by Crippen LogP contribution is -2.43. The van der Waals surface area contributed by atoms with Gasteiger partial charge in [-0.15, -0.1) is 6.58 Å². The van der Waals surface area contributed by atoms with Crippen LogP contribution in [0, 0.1) is 0 Å². The molecule has 0 saturated heterocycles. The maximum atomic E-state index is 13.0. The minimum atomic E-state index is -4.62. The number of alkyl halides is 3. The molecule has 0 radical (unpaired) electrons. The lowest BCUT2D eigenvalue weighted by Gasteiger charge is -2.31. The second-order valence-corrected chi connectivity index (χ2v) is 3.56. The lowest BCUT2D eigenvalue weighted by atomic mass is 9.80. The van der Waals surface area contributed by atoms with Gasteiger partial charge in [0.1, 0.15) is 11.2 Å². The van der Waals surface area contributed by atoms with Gasteiger partial charge in [0.05, 0.1) is 13.7 Å². The molecule has 0 amide bonds. The van der Waals surface area contributed by atoms with E-state index < -0.39 is 18.2 Å². The van der Waals surface area contributed by atoms with Crippen molar-refractivity contribution in [2.75, 3.05) is 13.7 Å². The molecule has 1 rings (SSSR count). The molecule has 0 aliphatic rings. The Morgan fingerprint density at radius 2 is 2.06 bits per heavy atom. The van der Waals surface area contributed by atoms with Crippen molar-refractivity contribution in [3.63, 3.8) is 0 Å². The van der Waals surface area contributed by atoms with Gasteiger partial charge in [-0.05, 0) is 17.7 Å². The summed E-state index contributed by atoms with van der Waals surface area (Å²) < 4.78 is 43.9. The van der Waals surface area contributed by atoms with E-state index in [0.717, 1.165) is 0 Å². The normalized spacial score (nSPS) is 15.1. The van der Waals surface area contributed by atoms with E-state index in [1.165, 1.54) is 31.4 Å². The van der Waals surface area contributed by atoms with Crippen LogP contribution in [0.3, 0.4) is 0 Å². The Morgan fingerprint density at radius 1 is 1.41 bits per heavy atom. The van der Waals surface area contributed by atoms with Crippen LogP contribution >= 0.6 is 0 Å². The molecule has 0 saturated carbocycles. The zero-order chi connectivity index (χ0) is 13.1. The summed E-state index contributed by atoms with van der Waals surface area (Å²) in [7, 11) is 1.36. The van der Waals surface area contributed by atoms with E-state index in [1.54, 1.807) is 0 Å². The highest BCUT2D eigenvalue weighted by molar-refractivity contribution is 5.38. The number of methoxy groups -OCH3 is 1. The molecule has 0 aliphatic heterocycles. The monoisotopic (exact) mass is 246 g/mol. The number of hydrogen-bond donors (Lipinski definition) is 1. The quantitative estimate of drug-likeness (QED) is 0.828. The van der Waals surface area contributed by atoms with E-state index in [1.807, 2.05) is 0 Å². The molecular weight excluding hydrogens is 233 g/mol. The Kier molecular flexibility index (Phi) is 3.83. The molecule has 0 aromatic heterocycles. The van der Waals surface area contributed by atoms with Crippen molar-refractivity contribution in [3.05, 3.63) is 42.5 Å². The van der Waals surface area contributed by atoms with Crippen LogP contribution in [0.2, 0.25) is 0 Å². The highest BCUT2D eigenvalue weighted by Gasteiger charge is 2.53. The maximum Gasteiger partial charge on any atom is 0.404 e. The molecule has 0 fully saturated rings. The van der Waals surface area contributed by atoms with Gasteiger partial charge >= 0.3 is 6.18 Å². The van der Waals surface area contributed by atoms with Gasteiger partial charge in [-0.1, -0.05) is 18.2 Å². The van der Waals surface area contributed by atoms with Crippen LogP contribution in [0.5, 0.6) is 5.75 Å². The third kappa shape index (κ3) is 2.29. The summed E-state index contributed by atoms with van der Waals surface area (Å²) in [5.41, 5.74) is -2.55. The van der Waals surface area contributed by atoms with Crippen molar-refractivity contribution in [3.8, 4) is 5.75 Å². The smallest absolute Gasteiger partial charge is 0.404 e. The summed E-state index contributed by atoms with van der Waals surface area (Å²) in [6.45, 7) is 2.09. The molecule has 2 nitrogen and oxygen atoms in total. The summed E-state index contributed by atoms with van der Waals surface area (Å²) in [4.78, 5) is 0. The Balaban J connectivity index is 3.36. The lowest BCUT2D eigenvalue weighted by molar-refractivity contribution is -0.185. The summed E-state index contributed by atoms with van der Waals surface area (Å²) in [6, 6.07) is 5.50. The van der Waals surface area contributed by atoms with E-state index in [0.29, 0.717) is 11.8 Å². The molecule has 0 spiro atoms. The Hall–Kier alpha value is -1.49. The Labute approximate surface area is 97.3 Å². The molecule has 94 valence electrons. The molecule has 1 unspecified atom stereocenters. The van der Waals surface area contributed by atoms with E-state index in [9.17, 15) is 13.2 Å². The SMILES string of the molecule is C=CC(CO)(c1cccc(OC)c1)C(F)(F)F. The van der Waals surface area contributed by atoms with Gasteiger partial charge in [0, 0.05) is 0 Å². The summed E-state index contributed by atoms with van der Waals surface area (Å²) >= 11 is 0. The van der Waals surface area contributed by atoms with Crippen molar-refractivity contribution in [2.24, 2.45) is 0 Å². The van der Waals surface area contributed by atoms with Crippen molar-refractivity contribution < 1.29 is 23.0 Å². The third-order valence-corrected chi connectivity index (χ3v) is 2.69. The molecule has 17 heavy (non-hydrogen) atoms. The van der Waals surface area contributed by atoms with E-state index >= 15 is 0 Å². The summed E-state index contributed by atoms with van der Waals surface area (Å²) in [5, 5.41) is 9.10. The van der Waals surface area contributed by atoms with Gasteiger partial charge in [-0.3, -0.25) is 0 Å². The Bertz CT molecular complexity index is 401. The van der Waals surface area contributed by atoms with Crippen LogP contribution in [0.1, 0.15) is 5.56 Å². The molecule has 1 N–H and O–H groups in total. The summed E-state index contributed by atoms with van der Waals surface area (Å²) in [5.74, 6) is 0.298. The van der Waals surface area contributed by atoms with E-state index in [-0.39, 0.29) is 5.56 Å². The van der Waals surface area contributed by atoms with Gasteiger partial charge in [-0.2, -0.15) is 13.2 Å². The van der Waals surface area contributed by atoms with Crippen LogP contribution in [0.4, 0.5) is 13.2 Å². The molecular formula is C12H13F3O2. The average molecular weight is 246 g/mol. The zero-order valence-electron chi connectivity index (χ0n) is 9.29. The largest absolute Gasteiger partial charge is 0.497 e. The van der Waals surface area contributed by atoms with Gasteiger partial charge in [0.25, 0.3) is 0 Å². The van der Waals surface area contributed by atoms with Crippen LogP contribution in [0.15, 0.2) is 36.9 Å². The number of rotatable bonds is 4. The first-order valence-electron chi connectivity index (χ1n) is 4.87. The predicted octanol–water partition coefficient (Wildman–Crippen LogP) is 2.67. The first kappa shape index (κ1) is 13.6. The minimum Gasteiger partial charge on any atom is -0.497 e. The van der Waals surface area contributed by atoms with Crippen LogP contribution in [0.25, 0.3) is 0 Å². The molecule has 1 atom stereocenters. The van der Waals surface area contributed by atoms with Crippen molar-refractivity contribution in [1.29, 1.82) is 0 Å². The average Bonchev–Trinajstić information content (AvgIpc) is 2.30. The van der Waals surface area contributed by atoms with Gasteiger partial charge in [0.2, 0.25) is 0 Å². The fourth-order valence-electron chi connectivity index (χ4n) is 1.54. The number of hydrogen-bond acceptors (Lipinski definition) is 2. The fourth-order valence-corrected chi connectivity index (χ4v) is 1.54. The number of aliphatic hydroxyl groups excluding tert-OH is 1. The zero-order valence-corrected chi connectivity index (χ0v) is 9.29. The van der Waals surface area contributed by atoms with Crippen molar-refractivity contribution >= 4 is 0 Å². The molecule has 0 heterocycles. The number of aliphatic hydroxyl groups is 1. The number of benzene rings is 1. The number of ether oxygens (including phenoxy) is 1. The minimum absolute atomic E-state index is 0.0955. The van der Waals surface area contributed by atoms with Crippen molar-refractivity contribution in [2.45, 2.75) is 11.6 Å². The molecule has 0 aliphatic carbocycles. The van der Waals surface area contributed by atoms with Gasteiger partial charge < -0.3 is 9.84 Å². The fraction of sp³-hybridized carbons (Fsp3) is 0.333. The maximum absolute atomic E-state index is 13.0. The third-order valence-electron chi connectivity index (χ3n) is 2.69. The highest BCUT2D eigenvalue weighted by atomic mass is 19.4. The summed E-state index contributed by atoms with van der Waals surface area (Å²) in [6.07, 6.45) is -3.91. The van der Waals surface area contributed by atoms with Gasteiger partial charge in [-0.25, -0.2) is 0 Å². The number of halogens is 3. The second kappa shape index (κ2) is 4.79. The first-order valence-corrected chi connectivity index (χ1v) is 4.87. The van der Waals surface area contributed by atoms with E-state index in [2.05, 4.69) is 6.58 Å². The standard InChI is InChI=1S/C12H13F3O2/c1-3-11(8-16,12(13,14)15)9-5-4-6-10(7-9)17-2/h3-7,16H,1,8H2,2H3. The molecule has 0 bridgehead atoms. The molecule has 1 aromatic carbocycles. The predicted molar refractivity (Wildman–Crippen MR) is 58.0 cm³/mol. The van der Waals surface area contributed by atoms with Crippen LogP contribution in [-0.4, -0.2) is 25.0 Å². The second-order valence-electron chi connectivity index (χ2n) is 3.56. The van der Waals surface area contributed by atoms with Crippen LogP contribution in [-0.2, 0) is 5.41 Å². The van der Waals surface area contributed by atoms with Crippen molar-refractivity contribution in [1.82, 2.24) is 0 Å². The van der Waals surface area contributed by atoms with Crippen LogP contribution < -0.4 is 4.74 Å². The Morgan fingerprint density at radius 3 is 2.47 bits per heavy atom. The molecule has 5 heteroatoms. The topological polar surface area (TPSA) is 29.5 Å². The highest BCUT2D eigenvalue weighted by Crippen LogP contribution is 2.42. The van der Waals surface area contributed by atoms with Gasteiger partial charge in [0.15, 0.2) is 0 Å². The van der Waals surface area contributed by atoms with E-state index in [4.69, 9.17) is 9.84 Å².